The van der Waals surface area contributed by atoms with E-state index in [2.05, 4.69) is 10.6 Å². The fourth-order valence-electron chi connectivity index (χ4n) is 1.27. The number of hydrogen-bond acceptors (Lipinski definition) is 7. The third-order valence-electron chi connectivity index (χ3n) is 2.11. The zero-order valence-electron chi connectivity index (χ0n) is 10.4. The smallest absolute Gasteiger partial charge is 0.274 e. The minimum absolute atomic E-state index is 0.320. The highest BCUT2D eigenvalue weighted by Gasteiger charge is 2.02. The lowest BCUT2D eigenvalue weighted by atomic mass is 10.4. The van der Waals surface area contributed by atoms with E-state index in [-0.39, 0.29) is 0 Å². The summed E-state index contributed by atoms with van der Waals surface area (Å²) in [6.07, 6.45) is 1.55. The molecule has 0 unspecified atom stereocenters. The normalized spacial score (nSPS) is 11.1. The Morgan fingerprint density at radius 2 is 2.37 bits per heavy atom. The SMILES string of the molecule is CNC(=C[N+](=O)[O-])NCCSCc1ccc(C=O)o1. The summed E-state index contributed by atoms with van der Waals surface area (Å²) >= 11 is 1.60. The molecule has 0 aliphatic carbocycles. The molecule has 104 valence electrons. The number of rotatable bonds is 9. The molecule has 1 aromatic rings. The number of nitrogens with one attached hydrogen (secondary N) is 2. The molecule has 0 radical (unpaired) electrons. The Bertz CT molecular complexity index is 459. The second-order valence-corrected chi connectivity index (χ2v) is 4.58. The van der Waals surface area contributed by atoms with Crippen LogP contribution in [0.4, 0.5) is 0 Å². The predicted octanol–water partition coefficient (Wildman–Crippen LogP) is 1.21. The third-order valence-corrected chi connectivity index (χ3v) is 3.09. The average molecular weight is 285 g/mol. The van der Waals surface area contributed by atoms with Crippen LogP contribution in [0, 0.1) is 10.1 Å². The molecular formula is C11H15N3O4S. The summed E-state index contributed by atoms with van der Waals surface area (Å²) in [5, 5.41) is 15.9. The maximum absolute atomic E-state index is 10.4. The molecule has 0 atom stereocenters. The Morgan fingerprint density at radius 3 is 2.95 bits per heavy atom. The summed E-state index contributed by atoms with van der Waals surface area (Å²) in [5.41, 5.74) is 0. The Kier molecular flexibility index (Phi) is 6.51. The lowest BCUT2D eigenvalue weighted by Gasteiger charge is -2.06. The topological polar surface area (TPSA) is 97.4 Å². The van der Waals surface area contributed by atoms with E-state index < -0.39 is 4.92 Å². The van der Waals surface area contributed by atoms with E-state index >= 15 is 0 Å². The van der Waals surface area contributed by atoms with E-state index in [0.717, 1.165) is 17.7 Å². The monoisotopic (exact) mass is 285 g/mol. The molecule has 0 saturated heterocycles. The molecule has 1 heterocycles. The van der Waals surface area contributed by atoms with Crippen molar-refractivity contribution in [3.05, 3.63) is 45.8 Å². The van der Waals surface area contributed by atoms with E-state index in [1.54, 1.807) is 30.9 Å². The van der Waals surface area contributed by atoms with Crippen molar-refractivity contribution < 1.29 is 14.1 Å². The molecule has 1 aromatic heterocycles. The number of nitro groups is 1. The zero-order chi connectivity index (χ0) is 14.1. The molecule has 2 N–H and O–H groups in total. The van der Waals surface area contributed by atoms with Gasteiger partial charge in [0.1, 0.15) is 5.76 Å². The van der Waals surface area contributed by atoms with Crippen LogP contribution in [-0.4, -0.2) is 30.6 Å². The largest absolute Gasteiger partial charge is 0.457 e. The second kappa shape index (κ2) is 8.20. The zero-order valence-corrected chi connectivity index (χ0v) is 11.2. The van der Waals surface area contributed by atoms with Crippen LogP contribution < -0.4 is 10.6 Å². The molecule has 0 saturated carbocycles. The summed E-state index contributed by atoms with van der Waals surface area (Å²) in [7, 11) is 1.61. The summed E-state index contributed by atoms with van der Waals surface area (Å²) in [5.74, 6) is 2.84. The molecular weight excluding hydrogens is 270 g/mol. The molecule has 0 aliphatic heterocycles. The van der Waals surface area contributed by atoms with Crippen LogP contribution in [0.25, 0.3) is 0 Å². The van der Waals surface area contributed by atoms with Gasteiger partial charge in [-0.1, -0.05) is 0 Å². The van der Waals surface area contributed by atoms with Gasteiger partial charge in [0.2, 0.25) is 0 Å². The van der Waals surface area contributed by atoms with Crippen molar-refractivity contribution in [2.75, 3.05) is 19.3 Å². The number of carbonyl (C=O) groups is 1. The summed E-state index contributed by atoms with van der Waals surface area (Å²) in [4.78, 5) is 20.2. The number of hydrogen-bond donors (Lipinski definition) is 2. The molecule has 19 heavy (non-hydrogen) atoms. The van der Waals surface area contributed by atoms with Crippen molar-refractivity contribution in [3.63, 3.8) is 0 Å². The highest BCUT2D eigenvalue weighted by atomic mass is 32.2. The lowest BCUT2D eigenvalue weighted by molar-refractivity contribution is -0.404. The Hall–Kier alpha value is -1.96. The van der Waals surface area contributed by atoms with Crippen molar-refractivity contribution in [1.29, 1.82) is 0 Å². The van der Waals surface area contributed by atoms with Gasteiger partial charge in [0.15, 0.2) is 17.9 Å². The van der Waals surface area contributed by atoms with Crippen LogP contribution in [0.15, 0.2) is 28.6 Å². The first-order valence-corrected chi connectivity index (χ1v) is 6.69. The molecule has 8 heteroatoms. The number of furan rings is 1. The third kappa shape index (κ3) is 5.96. The van der Waals surface area contributed by atoms with E-state index in [4.69, 9.17) is 4.42 Å². The van der Waals surface area contributed by atoms with Gasteiger partial charge >= 0.3 is 0 Å². The van der Waals surface area contributed by atoms with E-state index in [0.29, 0.717) is 30.2 Å². The number of carbonyl (C=O) groups excluding carboxylic acids is 1. The molecule has 0 amide bonds. The summed E-state index contributed by atoms with van der Waals surface area (Å²) in [6, 6.07) is 3.38. The molecule has 0 fully saturated rings. The van der Waals surface area contributed by atoms with Crippen molar-refractivity contribution >= 4 is 18.0 Å². The number of nitrogens with zero attached hydrogens (tertiary/aromatic N) is 1. The Morgan fingerprint density at radius 1 is 1.58 bits per heavy atom. The van der Waals surface area contributed by atoms with Gasteiger partial charge in [-0.05, 0) is 12.1 Å². The van der Waals surface area contributed by atoms with Crippen LogP contribution in [0.3, 0.4) is 0 Å². The van der Waals surface area contributed by atoms with Gasteiger partial charge in [0.05, 0.1) is 10.7 Å². The predicted molar refractivity (Wildman–Crippen MR) is 72.4 cm³/mol. The number of thioether (sulfide) groups is 1. The first-order valence-electron chi connectivity index (χ1n) is 5.54. The first-order chi connectivity index (χ1) is 9.15. The van der Waals surface area contributed by atoms with E-state index in [1.165, 1.54) is 0 Å². The quantitative estimate of drug-likeness (QED) is 0.304. The van der Waals surface area contributed by atoms with E-state index in [9.17, 15) is 14.9 Å². The minimum Gasteiger partial charge on any atom is -0.457 e. The fraction of sp³-hybridized carbons (Fsp3) is 0.364. The molecule has 7 nitrogen and oxygen atoms in total. The van der Waals surface area contributed by atoms with Gasteiger partial charge in [0.25, 0.3) is 6.20 Å². The maximum atomic E-state index is 10.4. The highest BCUT2D eigenvalue weighted by Crippen LogP contribution is 2.14. The van der Waals surface area contributed by atoms with Gasteiger partial charge in [-0.2, -0.15) is 11.8 Å². The summed E-state index contributed by atoms with van der Waals surface area (Å²) < 4.78 is 5.21. The first kappa shape index (κ1) is 15.1. The van der Waals surface area contributed by atoms with Gasteiger partial charge in [-0.15, -0.1) is 0 Å². The van der Waals surface area contributed by atoms with Crippen molar-refractivity contribution in [1.82, 2.24) is 10.6 Å². The highest BCUT2D eigenvalue weighted by molar-refractivity contribution is 7.98. The van der Waals surface area contributed by atoms with Crippen LogP contribution in [0.1, 0.15) is 16.3 Å². The van der Waals surface area contributed by atoms with Gasteiger partial charge in [0, 0.05) is 19.3 Å². The van der Waals surface area contributed by atoms with Crippen LogP contribution >= 0.6 is 11.8 Å². The molecule has 0 aliphatic rings. The molecule has 0 spiro atoms. The maximum Gasteiger partial charge on any atom is 0.274 e. The average Bonchev–Trinajstić information content (AvgIpc) is 2.84. The van der Waals surface area contributed by atoms with Crippen LogP contribution in [0.2, 0.25) is 0 Å². The fourth-order valence-corrected chi connectivity index (χ4v) is 2.02. The molecule has 0 bridgehead atoms. The van der Waals surface area contributed by atoms with Gasteiger partial charge in [-0.3, -0.25) is 14.9 Å². The minimum atomic E-state index is -0.518. The van der Waals surface area contributed by atoms with Crippen molar-refractivity contribution in [3.8, 4) is 0 Å². The molecule has 1 rings (SSSR count). The van der Waals surface area contributed by atoms with Crippen LogP contribution in [0.5, 0.6) is 0 Å². The summed E-state index contributed by atoms with van der Waals surface area (Å²) in [6.45, 7) is 0.590. The van der Waals surface area contributed by atoms with Crippen LogP contribution in [-0.2, 0) is 5.75 Å². The van der Waals surface area contributed by atoms with Crippen molar-refractivity contribution in [2.45, 2.75) is 5.75 Å². The Balaban J connectivity index is 2.20. The lowest BCUT2D eigenvalue weighted by Crippen LogP contribution is -2.26. The van der Waals surface area contributed by atoms with Crippen molar-refractivity contribution in [2.24, 2.45) is 0 Å². The van der Waals surface area contributed by atoms with Gasteiger partial charge < -0.3 is 15.1 Å². The second-order valence-electron chi connectivity index (χ2n) is 3.48. The van der Waals surface area contributed by atoms with E-state index in [1.807, 2.05) is 0 Å². The molecule has 0 aromatic carbocycles. The van der Waals surface area contributed by atoms with Gasteiger partial charge in [-0.25, -0.2) is 0 Å². The standard InChI is InChI=1S/C11H15N3O4S/c1-12-11(6-14(16)17)13-4-5-19-8-10-3-2-9(7-15)18-10/h2-3,6-7,12-13H,4-5,8H2,1H3. The Labute approximate surface area is 114 Å². The number of aldehydes is 1.